The molecule has 0 fully saturated rings. The Morgan fingerprint density at radius 3 is 2.81 bits per heavy atom. The normalized spacial score (nSPS) is 19.0. The van der Waals surface area contributed by atoms with E-state index in [4.69, 9.17) is 9.72 Å². The molecule has 1 N–H and O–H groups in total. The molecule has 0 unspecified atom stereocenters. The number of pyridine rings is 3. The highest BCUT2D eigenvalue weighted by Gasteiger charge is 2.45. The molecule has 160 valence electrons. The van der Waals surface area contributed by atoms with Crippen LogP contribution in [-0.4, -0.2) is 25.6 Å². The Kier molecular flexibility index (Phi) is 3.86. The summed E-state index contributed by atoms with van der Waals surface area (Å²) in [5.41, 5.74) is 3.78. The minimum Gasteiger partial charge on any atom is -0.458 e. The Bertz CT molecular complexity index is 1540. The average molecular weight is 427 g/mol. The van der Waals surface area contributed by atoms with Crippen LogP contribution in [0.3, 0.4) is 0 Å². The van der Waals surface area contributed by atoms with E-state index in [1.807, 2.05) is 24.3 Å². The second-order valence-electron chi connectivity index (χ2n) is 8.41. The van der Waals surface area contributed by atoms with Crippen molar-refractivity contribution in [3.8, 4) is 11.4 Å². The Balaban J connectivity index is 1.69. The van der Waals surface area contributed by atoms with E-state index in [0.29, 0.717) is 23.4 Å². The predicted octanol–water partition coefficient (Wildman–Crippen LogP) is 3.19. The first-order valence-corrected chi connectivity index (χ1v) is 10.8. The Labute approximate surface area is 183 Å². The number of ether oxygens (including phenoxy) is 1. The highest BCUT2D eigenvalue weighted by Crippen LogP contribution is 2.41. The third-order valence-corrected chi connectivity index (χ3v) is 6.89. The van der Waals surface area contributed by atoms with Gasteiger partial charge in [-0.1, -0.05) is 26.0 Å². The third-order valence-electron chi connectivity index (χ3n) is 6.89. The summed E-state index contributed by atoms with van der Waals surface area (Å²) in [6, 6.07) is 9.69. The van der Waals surface area contributed by atoms with Crippen LogP contribution in [0.5, 0.6) is 0 Å². The van der Waals surface area contributed by atoms with E-state index in [1.54, 1.807) is 23.8 Å². The van der Waals surface area contributed by atoms with Gasteiger partial charge in [0.05, 0.1) is 34.5 Å². The number of aliphatic hydroxyl groups is 1. The van der Waals surface area contributed by atoms with E-state index in [2.05, 4.69) is 11.9 Å². The lowest BCUT2D eigenvalue weighted by molar-refractivity contribution is -0.172. The van der Waals surface area contributed by atoms with E-state index in [0.717, 1.165) is 45.0 Å². The highest BCUT2D eigenvalue weighted by atomic mass is 16.6. The minimum absolute atomic E-state index is 0.123. The van der Waals surface area contributed by atoms with Crippen molar-refractivity contribution in [1.29, 1.82) is 0 Å². The van der Waals surface area contributed by atoms with Crippen LogP contribution >= 0.6 is 0 Å². The molecule has 1 atom stereocenters. The number of hydrogen-bond acceptors (Lipinski definition) is 6. The van der Waals surface area contributed by atoms with Crippen molar-refractivity contribution in [3.63, 3.8) is 0 Å². The SMILES string of the molecule is CCc1c2c(nc3ccc4cccnc4c13)-c1cc3c(c(=O)n1C2)COC(=O)[C@]3(O)CC. The first kappa shape index (κ1) is 19.1. The van der Waals surface area contributed by atoms with Crippen LogP contribution in [0.2, 0.25) is 0 Å². The van der Waals surface area contributed by atoms with Gasteiger partial charge in [0.2, 0.25) is 0 Å². The maximum Gasteiger partial charge on any atom is 0.343 e. The lowest BCUT2D eigenvalue weighted by Crippen LogP contribution is -2.44. The van der Waals surface area contributed by atoms with Crippen LogP contribution in [-0.2, 0) is 34.7 Å². The first-order chi connectivity index (χ1) is 15.5. The molecule has 5 heterocycles. The van der Waals surface area contributed by atoms with E-state index in [1.165, 1.54) is 0 Å². The van der Waals surface area contributed by atoms with Crippen molar-refractivity contribution in [2.75, 3.05) is 0 Å². The fraction of sp³-hybridized carbons (Fsp3) is 0.280. The quantitative estimate of drug-likeness (QED) is 0.343. The molecule has 0 spiro atoms. The summed E-state index contributed by atoms with van der Waals surface area (Å²) in [5.74, 6) is -0.715. The first-order valence-electron chi connectivity index (χ1n) is 10.8. The van der Waals surface area contributed by atoms with E-state index < -0.39 is 11.6 Å². The number of cyclic esters (lactones) is 1. The summed E-state index contributed by atoms with van der Waals surface area (Å²) in [5, 5.41) is 13.1. The number of aromatic nitrogens is 3. The summed E-state index contributed by atoms with van der Waals surface area (Å²) in [4.78, 5) is 35.3. The smallest absolute Gasteiger partial charge is 0.343 e. The van der Waals surface area contributed by atoms with Crippen LogP contribution in [0.1, 0.15) is 42.5 Å². The van der Waals surface area contributed by atoms with Crippen LogP contribution < -0.4 is 5.56 Å². The molecule has 6 rings (SSSR count). The second-order valence-corrected chi connectivity index (χ2v) is 8.41. The standard InChI is InChI=1S/C25H21N3O4/c1-3-14-15-11-28-19(10-17-16(23(28)29)12-32-24(30)25(17,31)4-2)22(15)27-18-8-7-13-6-5-9-26-21(13)20(14)18/h5-10,31H,3-4,11-12H2,1-2H3/t25-/m0/s1. The summed E-state index contributed by atoms with van der Waals surface area (Å²) < 4.78 is 6.84. The number of fused-ring (bicyclic) bond motifs is 7. The number of benzene rings is 1. The highest BCUT2D eigenvalue weighted by molar-refractivity contribution is 6.07. The Hall–Kier alpha value is -3.58. The van der Waals surface area contributed by atoms with Gasteiger partial charge in [-0.2, -0.15) is 0 Å². The molecule has 1 aromatic carbocycles. The molecule has 0 aliphatic carbocycles. The predicted molar refractivity (Wildman–Crippen MR) is 119 cm³/mol. The van der Waals surface area contributed by atoms with Gasteiger partial charge in [0.15, 0.2) is 5.60 Å². The number of rotatable bonds is 2. The van der Waals surface area contributed by atoms with E-state index in [-0.39, 0.29) is 18.6 Å². The zero-order valence-corrected chi connectivity index (χ0v) is 17.8. The third kappa shape index (κ3) is 2.29. The number of esters is 1. The van der Waals surface area contributed by atoms with Crippen LogP contribution in [0.4, 0.5) is 0 Å². The Morgan fingerprint density at radius 1 is 1.19 bits per heavy atom. The average Bonchev–Trinajstić information content (AvgIpc) is 3.19. The van der Waals surface area contributed by atoms with Gasteiger partial charge in [0.1, 0.15) is 6.61 Å². The van der Waals surface area contributed by atoms with E-state index >= 15 is 0 Å². The molecule has 0 radical (unpaired) electrons. The number of carbonyl (C=O) groups excluding carboxylic acids is 1. The molecule has 3 aromatic heterocycles. The zero-order chi connectivity index (χ0) is 22.2. The van der Waals surface area contributed by atoms with Gasteiger partial charge in [-0.15, -0.1) is 0 Å². The van der Waals surface area contributed by atoms with Crippen LogP contribution in [0.25, 0.3) is 33.2 Å². The molecule has 32 heavy (non-hydrogen) atoms. The minimum atomic E-state index is -1.82. The molecule has 2 aliphatic rings. The van der Waals surface area contributed by atoms with Gasteiger partial charge in [-0.05, 0) is 36.6 Å². The van der Waals surface area contributed by atoms with Crippen molar-refractivity contribution in [2.24, 2.45) is 0 Å². The molecule has 7 heteroatoms. The second kappa shape index (κ2) is 6.46. The topological polar surface area (TPSA) is 94.3 Å². The summed E-state index contributed by atoms with van der Waals surface area (Å²) in [7, 11) is 0. The number of aryl methyl sites for hydroxylation is 1. The monoisotopic (exact) mass is 427 g/mol. The zero-order valence-electron chi connectivity index (χ0n) is 17.8. The molecule has 4 aromatic rings. The number of nitrogens with zero attached hydrogens (tertiary/aromatic N) is 3. The molecule has 0 saturated carbocycles. The van der Waals surface area contributed by atoms with Gasteiger partial charge in [0.25, 0.3) is 5.56 Å². The molecule has 2 aliphatic heterocycles. The maximum absolute atomic E-state index is 13.4. The molecular formula is C25H21N3O4. The summed E-state index contributed by atoms with van der Waals surface area (Å²) >= 11 is 0. The molecule has 0 bridgehead atoms. The fourth-order valence-electron chi connectivity index (χ4n) is 5.19. The molecule has 0 amide bonds. The van der Waals surface area contributed by atoms with Gasteiger partial charge in [0, 0.05) is 28.1 Å². The van der Waals surface area contributed by atoms with Crippen LogP contribution in [0.15, 0.2) is 41.3 Å². The van der Waals surface area contributed by atoms with Crippen molar-refractivity contribution in [1.82, 2.24) is 14.5 Å². The van der Waals surface area contributed by atoms with Crippen molar-refractivity contribution >= 4 is 27.8 Å². The summed E-state index contributed by atoms with van der Waals surface area (Å²) in [6.45, 7) is 4.06. The summed E-state index contributed by atoms with van der Waals surface area (Å²) in [6.07, 6.45) is 2.67. The van der Waals surface area contributed by atoms with Crippen LogP contribution in [0, 0.1) is 0 Å². The maximum atomic E-state index is 13.4. The molecule has 0 saturated heterocycles. The van der Waals surface area contributed by atoms with Gasteiger partial charge >= 0.3 is 5.97 Å². The lowest BCUT2D eigenvalue weighted by atomic mass is 9.86. The van der Waals surface area contributed by atoms with Gasteiger partial charge < -0.3 is 14.4 Å². The van der Waals surface area contributed by atoms with Gasteiger partial charge in [-0.3, -0.25) is 9.78 Å². The van der Waals surface area contributed by atoms with E-state index in [9.17, 15) is 14.7 Å². The van der Waals surface area contributed by atoms with Crippen molar-refractivity contribution < 1.29 is 14.6 Å². The number of hydrogen-bond donors (Lipinski definition) is 1. The number of carbonyl (C=O) groups is 1. The van der Waals surface area contributed by atoms with Crippen molar-refractivity contribution in [2.45, 2.75) is 45.4 Å². The lowest BCUT2D eigenvalue weighted by Gasteiger charge is -2.31. The van der Waals surface area contributed by atoms with Crippen molar-refractivity contribution in [3.05, 3.63) is 69.1 Å². The van der Waals surface area contributed by atoms with Gasteiger partial charge in [-0.25, -0.2) is 9.78 Å². The molecular weight excluding hydrogens is 406 g/mol. The molecule has 7 nitrogen and oxygen atoms in total. The largest absolute Gasteiger partial charge is 0.458 e. The Morgan fingerprint density at radius 2 is 2.03 bits per heavy atom. The fourth-order valence-corrected chi connectivity index (χ4v) is 5.19.